The average molecular weight is 469 g/mol. The second-order valence-corrected chi connectivity index (χ2v) is 10.4. The number of fused-ring (bicyclic) bond motifs is 2. The van der Waals surface area contributed by atoms with Gasteiger partial charge < -0.3 is 0 Å². The summed E-state index contributed by atoms with van der Waals surface area (Å²) in [5.41, 5.74) is 1.89. The van der Waals surface area contributed by atoms with E-state index in [2.05, 4.69) is 4.98 Å². The van der Waals surface area contributed by atoms with Gasteiger partial charge >= 0.3 is 6.18 Å². The molecule has 162 valence electrons. The van der Waals surface area contributed by atoms with Gasteiger partial charge in [-0.05, 0) is 44.0 Å². The first-order chi connectivity index (χ1) is 15.1. The van der Waals surface area contributed by atoms with Crippen molar-refractivity contribution in [3.05, 3.63) is 82.4 Å². The number of halogens is 3. The van der Waals surface area contributed by atoms with E-state index in [-0.39, 0.29) is 11.1 Å². The highest BCUT2D eigenvalue weighted by Crippen LogP contribution is 2.46. The van der Waals surface area contributed by atoms with Crippen LogP contribution in [0.25, 0.3) is 31.0 Å². The van der Waals surface area contributed by atoms with Crippen LogP contribution in [0.1, 0.15) is 28.6 Å². The molecular formula is C25H19F3N2S2. The molecule has 1 atom stereocenters. The van der Waals surface area contributed by atoms with E-state index < -0.39 is 11.6 Å². The molecule has 0 saturated heterocycles. The molecule has 0 bridgehead atoms. The molecule has 0 aliphatic carbocycles. The van der Waals surface area contributed by atoms with Crippen LogP contribution >= 0.6 is 22.7 Å². The van der Waals surface area contributed by atoms with Crippen LogP contribution in [0.15, 0.2) is 60.7 Å². The normalized spacial score (nSPS) is 14.2. The van der Waals surface area contributed by atoms with Gasteiger partial charge in [-0.15, -0.1) is 22.7 Å². The Hall–Kier alpha value is -2.77. The fraction of sp³-hybridized carbons (Fsp3) is 0.200. The Morgan fingerprint density at radius 2 is 1.25 bits per heavy atom. The minimum atomic E-state index is -4.43. The van der Waals surface area contributed by atoms with Crippen molar-refractivity contribution in [2.45, 2.75) is 32.4 Å². The van der Waals surface area contributed by atoms with Gasteiger partial charge in [-0.25, -0.2) is 9.97 Å². The summed E-state index contributed by atoms with van der Waals surface area (Å²) in [6.45, 7) is 5.08. The molecule has 3 aromatic carbocycles. The molecule has 2 aromatic heterocycles. The van der Waals surface area contributed by atoms with E-state index in [0.29, 0.717) is 0 Å². The summed E-state index contributed by atoms with van der Waals surface area (Å²) in [4.78, 5) is 9.26. The summed E-state index contributed by atoms with van der Waals surface area (Å²) in [6, 6.07) is 17.2. The van der Waals surface area contributed by atoms with Crippen LogP contribution < -0.4 is 0 Å². The van der Waals surface area contributed by atoms with Crippen LogP contribution in [0, 0.1) is 13.8 Å². The molecule has 0 radical (unpaired) electrons. The molecule has 0 spiro atoms. The van der Waals surface area contributed by atoms with E-state index in [1.807, 2.05) is 26.0 Å². The highest BCUT2D eigenvalue weighted by atomic mass is 32.1. The van der Waals surface area contributed by atoms with Crippen LogP contribution in [0.5, 0.6) is 0 Å². The molecule has 5 rings (SSSR count). The van der Waals surface area contributed by atoms with Crippen molar-refractivity contribution in [3.63, 3.8) is 0 Å². The number of aryl methyl sites for hydroxylation is 2. The topological polar surface area (TPSA) is 25.8 Å². The Morgan fingerprint density at radius 1 is 0.719 bits per heavy atom. The number of nitrogens with zero attached hydrogens (tertiary/aromatic N) is 2. The van der Waals surface area contributed by atoms with Gasteiger partial charge in [0.1, 0.15) is 10.4 Å². The Morgan fingerprint density at radius 3 is 1.84 bits per heavy atom. The van der Waals surface area contributed by atoms with Gasteiger partial charge in [0.05, 0.1) is 25.4 Å². The lowest BCUT2D eigenvalue weighted by molar-refractivity contribution is -0.173. The Labute approximate surface area is 191 Å². The lowest BCUT2D eigenvalue weighted by atomic mass is 9.75. The van der Waals surface area contributed by atoms with Gasteiger partial charge in [0, 0.05) is 5.56 Å². The number of aromatic nitrogens is 2. The summed E-state index contributed by atoms with van der Waals surface area (Å²) in [7, 11) is 0. The van der Waals surface area contributed by atoms with Crippen molar-refractivity contribution in [2.24, 2.45) is 0 Å². The van der Waals surface area contributed by atoms with Crippen molar-refractivity contribution in [2.75, 3.05) is 0 Å². The van der Waals surface area contributed by atoms with Gasteiger partial charge in [0.25, 0.3) is 0 Å². The van der Waals surface area contributed by atoms with Crippen molar-refractivity contribution < 1.29 is 13.2 Å². The maximum atomic E-state index is 14.3. The van der Waals surface area contributed by atoms with Crippen molar-refractivity contribution >= 4 is 43.1 Å². The van der Waals surface area contributed by atoms with Crippen LogP contribution in [0.4, 0.5) is 13.2 Å². The summed E-state index contributed by atoms with van der Waals surface area (Å²) >= 11 is 3.15. The highest BCUT2D eigenvalue weighted by molar-refractivity contribution is 7.22. The van der Waals surface area contributed by atoms with Gasteiger partial charge in [-0.2, -0.15) is 13.2 Å². The van der Waals surface area contributed by atoms with E-state index in [1.54, 1.807) is 59.9 Å². The Balaban J connectivity index is 1.55. The monoisotopic (exact) mass is 468 g/mol. The molecule has 0 fully saturated rings. The largest absolute Gasteiger partial charge is 0.402 e. The zero-order chi connectivity index (χ0) is 22.7. The van der Waals surface area contributed by atoms with Crippen LogP contribution in [-0.2, 0) is 5.41 Å². The molecule has 1 unspecified atom stereocenters. The third kappa shape index (κ3) is 3.40. The highest BCUT2D eigenvalue weighted by Gasteiger charge is 2.53. The summed E-state index contributed by atoms with van der Waals surface area (Å²) in [5.74, 6) is 0. The molecule has 32 heavy (non-hydrogen) atoms. The Bertz CT molecular complexity index is 1380. The molecular weight excluding hydrogens is 449 g/mol. The van der Waals surface area contributed by atoms with Crippen LogP contribution in [-0.4, -0.2) is 16.1 Å². The van der Waals surface area contributed by atoms with E-state index in [9.17, 15) is 13.2 Å². The second-order valence-electron chi connectivity index (χ2n) is 8.11. The predicted molar refractivity (Wildman–Crippen MR) is 127 cm³/mol. The molecule has 5 aromatic rings. The third-order valence-electron chi connectivity index (χ3n) is 5.91. The van der Waals surface area contributed by atoms with E-state index >= 15 is 0 Å². The first-order valence-corrected chi connectivity index (χ1v) is 11.7. The van der Waals surface area contributed by atoms with E-state index in [1.165, 1.54) is 18.3 Å². The molecule has 2 heterocycles. The minimum Gasteiger partial charge on any atom is -0.241 e. The standard InChI is InChI=1S/C25H19F3N2S2/c1-14-4-8-17(9-5-14)24(3,25(26,27)28)18-10-6-16(7-11-18)23-30-20-13-21-19(12-22(20)32-23)29-15(2)31-21/h4-13H,1-3H3. The average Bonchev–Trinajstić information content (AvgIpc) is 3.32. The van der Waals surface area contributed by atoms with Gasteiger partial charge in [-0.1, -0.05) is 54.1 Å². The SMILES string of the molecule is Cc1ccc(C(C)(c2ccc(-c3nc4cc5sc(C)nc5cc4s3)cc2)C(F)(F)F)cc1. The van der Waals surface area contributed by atoms with E-state index in [4.69, 9.17) is 4.98 Å². The number of alkyl halides is 3. The van der Waals surface area contributed by atoms with E-state index in [0.717, 1.165) is 41.6 Å². The molecule has 0 aliphatic rings. The number of thiazole rings is 2. The lowest BCUT2D eigenvalue weighted by Gasteiger charge is -2.33. The maximum absolute atomic E-state index is 14.3. The second kappa shape index (κ2) is 7.39. The summed E-state index contributed by atoms with van der Waals surface area (Å²) in [5, 5.41) is 1.79. The summed E-state index contributed by atoms with van der Waals surface area (Å²) < 4.78 is 44.9. The zero-order valence-electron chi connectivity index (χ0n) is 17.6. The predicted octanol–water partition coefficient (Wildman–Crippen LogP) is 8.06. The number of benzene rings is 3. The molecule has 0 aliphatic heterocycles. The first kappa shape index (κ1) is 21.1. The fourth-order valence-electron chi connectivity index (χ4n) is 3.92. The Kier molecular flexibility index (Phi) is 4.87. The first-order valence-electron chi connectivity index (χ1n) is 10.1. The maximum Gasteiger partial charge on any atom is 0.402 e. The molecule has 7 heteroatoms. The summed E-state index contributed by atoms with van der Waals surface area (Å²) in [6.07, 6.45) is -4.43. The zero-order valence-corrected chi connectivity index (χ0v) is 19.3. The number of rotatable bonds is 3. The van der Waals surface area contributed by atoms with Gasteiger partial charge in [-0.3, -0.25) is 0 Å². The third-order valence-corrected chi connectivity index (χ3v) is 7.91. The lowest BCUT2D eigenvalue weighted by Crippen LogP contribution is -2.40. The number of hydrogen-bond donors (Lipinski definition) is 0. The fourth-order valence-corrected chi connectivity index (χ4v) is 5.74. The number of hydrogen-bond acceptors (Lipinski definition) is 4. The molecule has 0 amide bonds. The molecule has 2 nitrogen and oxygen atoms in total. The van der Waals surface area contributed by atoms with Crippen LogP contribution in [0.2, 0.25) is 0 Å². The van der Waals surface area contributed by atoms with Gasteiger partial charge in [0.15, 0.2) is 0 Å². The quantitative estimate of drug-likeness (QED) is 0.268. The van der Waals surface area contributed by atoms with Crippen molar-refractivity contribution in [3.8, 4) is 10.6 Å². The molecule has 0 N–H and O–H groups in total. The minimum absolute atomic E-state index is 0.207. The van der Waals surface area contributed by atoms with Crippen molar-refractivity contribution in [1.82, 2.24) is 9.97 Å². The van der Waals surface area contributed by atoms with Crippen LogP contribution in [0.3, 0.4) is 0 Å². The smallest absolute Gasteiger partial charge is 0.241 e. The van der Waals surface area contributed by atoms with Crippen molar-refractivity contribution in [1.29, 1.82) is 0 Å². The molecule has 0 saturated carbocycles. The van der Waals surface area contributed by atoms with Gasteiger partial charge in [0.2, 0.25) is 0 Å².